The van der Waals surface area contributed by atoms with Crippen LogP contribution in [0.25, 0.3) is 0 Å². The van der Waals surface area contributed by atoms with Gasteiger partial charge in [0.1, 0.15) is 11.9 Å². The molecule has 0 amide bonds. The fraction of sp³-hybridized carbons (Fsp3) is 0.400. The molecule has 80 valence electrons. The molecule has 1 aromatic heterocycles. The Morgan fingerprint density at radius 3 is 2.93 bits per heavy atom. The molecule has 2 rings (SSSR count). The molecule has 0 unspecified atom stereocenters. The third-order valence-electron chi connectivity index (χ3n) is 2.42. The number of anilines is 1. The first-order chi connectivity index (χ1) is 7.20. The van der Waals surface area contributed by atoms with Crippen molar-refractivity contribution in [3.63, 3.8) is 0 Å². The van der Waals surface area contributed by atoms with Gasteiger partial charge in [-0.3, -0.25) is 4.79 Å². The van der Waals surface area contributed by atoms with Gasteiger partial charge < -0.3 is 15.6 Å². The predicted molar refractivity (Wildman–Crippen MR) is 53.0 cm³/mol. The Hall–Kier alpha value is -1.46. The molecule has 1 aliphatic heterocycles. The van der Waals surface area contributed by atoms with Gasteiger partial charge in [-0.1, -0.05) is 6.07 Å². The maximum atomic E-state index is 11.3. The highest BCUT2D eigenvalue weighted by Gasteiger charge is 2.33. The smallest absolute Gasteiger partial charge is 0.166 e. The van der Waals surface area contributed by atoms with Crippen LogP contribution in [0.15, 0.2) is 18.3 Å². The summed E-state index contributed by atoms with van der Waals surface area (Å²) >= 11 is 0. The molecule has 0 bridgehead atoms. The van der Waals surface area contributed by atoms with E-state index in [1.54, 1.807) is 18.3 Å². The Balaban J connectivity index is 2.13. The third kappa shape index (κ3) is 1.98. The highest BCUT2D eigenvalue weighted by Crippen LogP contribution is 2.29. The quantitative estimate of drug-likeness (QED) is 0.717. The van der Waals surface area contributed by atoms with Crippen molar-refractivity contribution in [3.8, 4) is 0 Å². The molecule has 0 aliphatic carbocycles. The number of rotatable bonds is 2. The summed E-state index contributed by atoms with van der Waals surface area (Å²) in [5, 5.41) is 8.86. The van der Waals surface area contributed by atoms with E-state index < -0.39 is 6.10 Å². The maximum absolute atomic E-state index is 11.3. The van der Waals surface area contributed by atoms with E-state index in [9.17, 15) is 4.79 Å². The number of nitrogen functional groups attached to an aromatic ring is 1. The first kappa shape index (κ1) is 10.1. The van der Waals surface area contributed by atoms with Crippen molar-refractivity contribution >= 4 is 11.6 Å². The summed E-state index contributed by atoms with van der Waals surface area (Å²) in [4.78, 5) is 15.2. The summed E-state index contributed by atoms with van der Waals surface area (Å²) in [5.74, 6) is 0.362. The van der Waals surface area contributed by atoms with Gasteiger partial charge in [-0.15, -0.1) is 0 Å². The number of hydrogen-bond acceptors (Lipinski definition) is 5. The van der Waals surface area contributed by atoms with Crippen LogP contribution in [0.3, 0.4) is 0 Å². The van der Waals surface area contributed by atoms with Crippen molar-refractivity contribution < 1.29 is 14.6 Å². The van der Waals surface area contributed by atoms with Gasteiger partial charge in [0.15, 0.2) is 5.78 Å². The zero-order valence-electron chi connectivity index (χ0n) is 8.09. The van der Waals surface area contributed by atoms with Crippen molar-refractivity contribution in [2.24, 2.45) is 0 Å². The SMILES string of the molecule is Nc1ccc([C@H]2CC(=O)[C@@H](CO)O2)cn1. The largest absolute Gasteiger partial charge is 0.393 e. The number of carbonyl (C=O) groups excluding carboxylic acids is 1. The second-order valence-corrected chi connectivity index (χ2v) is 3.48. The molecule has 1 saturated heterocycles. The maximum Gasteiger partial charge on any atom is 0.166 e. The second-order valence-electron chi connectivity index (χ2n) is 3.48. The molecule has 5 nitrogen and oxygen atoms in total. The van der Waals surface area contributed by atoms with E-state index in [2.05, 4.69) is 4.98 Å². The van der Waals surface area contributed by atoms with Gasteiger partial charge in [0.25, 0.3) is 0 Å². The summed E-state index contributed by atoms with van der Waals surface area (Å²) in [7, 11) is 0. The van der Waals surface area contributed by atoms with E-state index in [4.69, 9.17) is 15.6 Å². The number of pyridine rings is 1. The van der Waals surface area contributed by atoms with Gasteiger partial charge in [0, 0.05) is 12.6 Å². The minimum absolute atomic E-state index is 0.0701. The van der Waals surface area contributed by atoms with Crippen molar-refractivity contribution in [1.29, 1.82) is 0 Å². The molecule has 2 heterocycles. The zero-order chi connectivity index (χ0) is 10.8. The molecular formula is C10H12N2O3. The van der Waals surface area contributed by atoms with E-state index in [1.165, 1.54) is 0 Å². The van der Waals surface area contributed by atoms with Crippen LogP contribution in [-0.4, -0.2) is 28.6 Å². The first-order valence-corrected chi connectivity index (χ1v) is 4.71. The van der Waals surface area contributed by atoms with Crippen LogP contribution in [0.5, 0.6) is 0 Å². The van der Waals surface area contributed by atoms with Crippen LogP contribution < -0.4 is 5.73 Å². The van der Waals surface area contributed by atoms with Gasteiger partial charge in [-0.25, -0.2) is 4.98 Å². The highest BCUT2D eigenvalue weighted by atomic mass is 16.5. The minimum Gasteiger partial charge on any atom is -0.393 e. The molecule has 3 N–H and O–H groups in total. The Labute approximate surface area is 86.9 Å². The lowest BCUT2D eigenvalue weighted by Gasteiger charge is -2.10. The number of aliphatic hydroxyl groups is 1. The number of nitrogens with two attached hydrogens (primary N) is 1. The van der Waals surface area contributed by atoms with Gasteiger partial charge in [-0.2, -0.15) is 0 Å². The molecule has 0 spiro atoms. The average molecular weight is 208 g/mol. The third-order valence-corrected chi connectivity index (χ3v) is 2.42. The Morgan fingerprint density at radius 2 is 2.40 bits per heavy atom. The molecule has 0 radical (unpaired) electrons. The van der Waals surface area contributed by atoms with Crippen LogP contribution in [0.2, 0.25) is 0 Å². The number of ketones is 1. The van der Waals surface area contributed by atoms with Gasteiger partial charge in [0.05, 0.1) is 12.7 Å². The van der Waals surface area contributed by atoms with Gasteiger partial charge >= 0.3 is 0 Å². The molecule has 2 atom stereocenters. The lowest BCUT2D eigenvalue weighted by atomic mass is 10.1. The van der Waals surface area contributed by atoms with Gasteiger partial charge in [0.2, 0.25) is 0 Å². The molecule has 0 aromatic carbocycles. The molecule has 1 aliphatic rings. The Kier molecular flexibility index (Phi) is 2.66. The van der Waals surface area contributed by atoms with Crippen LogP contribution in [0, 0.1) is 0 Å². The van der Waals surface area contributed by atoms with E-state index in [0.717, 1.165) is 5.56 Å². The van der Waals surface area contributed by atoms with Crippen molar-refractivity contribution in [2.45, 2.75) is 18.6 Å². The van der Waals surface area contributed by atoms with Crippen molar-refractivity contribution in [2.75, 3.05) is 12.3 Å². The lowest BCUT2D eigenvalue weighted by molar-refractivity contribution is -0.124. The number of aliphatic hydroxyl groups excluding tert-OH is 1. The summed E-state index contributed by atoms with van der Waals surface area (Å²) in [5.41, 5.74) is 6.26. The standard InChI is InChI=1S/C10H12N2O3/c11-10-2-1-6(4-12-10)8-3-7(14)9(5-13)15-8/h1-2,4,8-9,13H,3,5H2,(H2,11,12)/t8-,9-/m1/s1. The molecule has 1 aromatic rings. The monoisotopic (exact) mass is 208 g/mol. The Bertz CT molecular complexity index is 363. The van der Waals surface area contributed by atoms with Crippen LogP contribution in [0.4, 0.5) is 5.82 Å². The van der Waals surface area contributed by atoms with E-state index in [0.29, 0.717) is 5.82 Å². The first-order valence-electron chi connectivity index (χ1n) is 4.71. The average Bonchev–Trinajstić information content (AvgIpc) is 2.61. The number of carbonyl (C=O) groups is 1. The van der Waals surface area contributed by atoms with Crippen LogP contribution in [-0.2, 0) is 9.53 Å². The second kappa shape index (κ2) is 3.96. The molecular weight excluding hydrogens is 196 g/mol. The van der Waals surface area contributed by atoms with E-state index >= 15 is 0 Å². The van der Waals surface area contributed by atoms with Crippen molar-refractivity contribution in [3.05, 3.63) is 23.9 Å². The van der Waals surface area contributed by atoms with Gasteiger partial charge in [-0.05, 0) is 11.6 Å². The molecule has 15 heavy (non-hydrogen) atoms. The summed E-state index contributed by atoms with van der Waals surface area (Å²) in [6.07, 6.45) is 0.888. The minimum atomic E-state index is -0.687. The van der Waals surface area contributed by atoms with E-state index in [-0.39, 0.29) is 24.9 Å². The fourth-order valence-corrected chi connectivity index (χ4v) is 1.58. The zero-order valence-corrected chi connectivity index (χ0v) is 8.09. The number of aromatic nitrogens is 1. The Morgan fingerprint density at radius 1 is 1.60 bits per heavy atom. The summed E-state index contributed by atoms with van der Waals surface area (Å²) in [6, 6.07) is 3.44. The topological polar surface area (TPSA) is 85.4 Å². The lowest BCUT2D eigenvalue weighted by Crippen LogP contribution is -2.19. The van der Waals surface area contributed by atoms with E-state index in [1.807, 2.05) is 0 Å². The normalized spacial score (nSPS) is 25.8. The van der Waals surface area contributed by atoms with Crippen LogP contribution >= 0.6 is 0 Å². The van der Waals surface area contributed by atoms with Crippen LogP contribution in [0.1, 0.15) is 18.1 Å². The number of Topliss-reactive ketones (excluding diaryl/α,β-unsaturated/α-hetero) is 1. The fourth-order valence-electron chi connectivity index (χ4n) is 1.58. The highest BCUT2D eigenvalue weighted by molar-refractivity contribution is 5.85. The number of nitrogens with zero attached hydrogens (tertiary/aromatic N) is 1. The number of ether oxygens (including phenoxy) is 1. The van der Waals surface area contributed by atoms with Crippen molar-refractivity contribution in [1.82, 2.24) is 4.98 Å². The summed E-state index contributed by atoms with van der Waals surface area (Å²) < 4.78 is 5.37. The molecule has 5 heteroatoms. The molecule has 1 fully saturated rings. The summed E-state index contributed by atoms with van der Waals surface area (Å²) in [6.45, 7) is -0.266. The predicted octanol–water partition coefficient (Wildman–Crippen LogP) is 0.0552. The molecule has 0 saturated carbocycles. The number of hydrogen-bond donors (Lipinski definition) is 2.